The van der Waals surface area contributed by atoms with Crippen molar-refractivity contribution in [1.82, 2.24) is 25.4 Å². The summed E-state index contributed by atoms with van der Waals surface area (Å²) in [4.78, 5) is 24.5. The van der Waals surface area contributed by atoms with Crippen molar-refractivity contribution in [3.8, 4) is 11.4 Å². The van der Waals surface area contributed by atoms with E-state index in [1.54, 1.807) is 6.92 Å². The number of aryl methyl sites for hydroxylation is 1. The maximum atomic E-state index is 12.5. The van der Waals surface area contributed by atoms with Crippen LogP contribution in [-0.4, -0.2) is 38.5 Å². The Bertz CT molecular complexity index is 1080. The maximum Gasteiger partial charge on any atom is 0.321 e. The van der Waals surface area contributed by atoms with E-state index in [2.05, 4.69) is 20.8 Å². The molecule has 0 saturated carbocycles. The molecule has 0 aliphatic carbocycles. The van der Waals surface area contributed by atoms with Gasteiger partial charge in [-0.1, -0.05) is 62.0 Å². The summed E-state index contributed by atoms with van der Waals surface area (Å²) in [7, 11) is 0. The van der Waals surface area contributed by atoms with Crippen LogP contribution in [0.2, 0.25) is 0 Å². The van der Waals surface area contributed by atoms with Crippen molar-refractivity contribution < 1.29 is 14.3 Å². The Morgan fingerprint density at radius 2 is 1.73 bits per heavy atom. The lowest BCUT2D eigenvalue weighted by atomic mass is 10.2. The van der Waals surface area contributed by atoms with Crippen molar-refractivity contribution in [2.24, 2.45) is 5.92 Å². The Morgan fingerprint density at radius 3 is 2.42 bits per heavy atom. The number of nitrogens with one attached hydrogen (secondary N) is 2. The first-order valence-electron chi connectivity index (χ1n) is 10.8. The minimum Gasteiger partial charge on any atom is -0.485 e. The van der Waals surface area contributed by atoms with Crippen LogP contribution in [0.5, 0.6) is 5.75 Å². The number of thioether (sulfide) groups is 1. The van der Waals surface area contributed by atoms with Gasteiger partial charge in [0.15, 0.2) is 11.0 Å². The van der Waals surface area contributed by atoms with Gasteiger partial charge in [0.25, 0.3) is 0 Å². The van der Waals surface area contributed by atoms with Gasteiger partial charge >= 0.3 is 6.03 Å². The van der Waals surface area contributed by atoms with Crippen LogP contribution in [-0.2, 0) is 11.4 Å². The molecule has 2 N–H and O–H groups in total. The summed E-state index contributed by atoms with van der Waals surface area (Å²) in [6.07, 6.45) is 0. The molecule has 3 aromatic rings. The summed E-state index contributed by atoms with van der Waals surface area (Å²) in [5.41, 5.74) is 1.88. The molecule has 33 heavy (non-hydrogen) atoms. The number of nitrogens with zero attached hydrogens (tertiary/aromatic N) is 3. The molecule has 0 aliphatic heterocycles. The van der Waals surface area contributed by atoms with E-state index in [1.165, 1.54) is 11.8 Å². The first kappa shape index (κ1) is 24.3. The average molecular weight is 468 g/mol. The fraction of sp³-hybridized carbons (Fsp3) is 0.333. The van der Waals surface area contributed by atoms with Gasteiger partial charge in [0.1, 0.15) is 12.4 Å². The number of urea groups is 1. The van der Waals surface area contributed by atoms with E-state index in [0.717, 1.165) is 17.0 Å². The standard InChI is InChI=1S/C24H29N5O3S/c1-16(2)14-25-23(31)26-22(30)18(4)33-24-28-27-21(29(24)19-11-6-5-7-12-19)15-32-20-13-9-8-10-17(20)3/h5-13,16,18H,14-15H2,1-4H3,(H2,25,26,30,31). The van der Waals surface area contributed by atoms with Crippen LogP contribution in [0.3, 0.4) is 0 Å². The predicted octanol–water partition coefficient (Wildman–Crippen LogP) is 4.12. The monoisotopic (exact) mass is 467 g/mol. The van der Waals surface area contributed by atoms with Gasteiger partial charge in [0, 0.05) is 12.2 Å². The number of ether oxygens (including phenoxy) is 1. The molecule has 1 heterocycles. The lowest BCUT2D eigenvalue weighted by Crippen LogP contribution is -2.43. The maximum absolute atomic E-state index is 12.5. The van der Waals surface area contributed by atoms with Crippen LogP contribution in [0.15, 0.2) is 59.8 Å². The Balaban J connectivity index is 1.75. The van der Waals surface area contributed by atoms with Crippen LogP contribution >= 0.6 is 11.8 Å². The molecule has 0 aliphatic rings. The van der Waals surface area contributed by atoms with Crippen molar-refractivity contribution in [2.45, 2.75) is 44.7 Å². The van der Waals surface area contributed by atoms with Crippen molar-refractivity contribution in [1.29, 1.82) is 0 Å². The molecule has 1 aromatic heterocycles. The zero-order valence-corrected chi connectivity index (χ0v) is 20.1. The highest BCUT2D eigenvalue weighted by molar-refractivity contribution is 8.00. The van der Waals surface area contributed by atoms with E-state index in [4.69, 9.17) is 4.74 Å². The van der Waals surface area contributed by atoms with E-state index >= 15 is 0 Å². The number of carbonyl (C=O) groups excluding carboxylic acids is 2. The fourth-order valence-corrected chi connectivity index (χ4v) is 3.82. The van der Waals surface area contributed by atoms with Crippen molar-refractivity contribution in [2.75, 3.05) is 6.54 Å². The Kier molecular flexibility index (Phi) is 8.48. The van der Waals surface area contributed by atoms with Crippen LogP contribution in [0.1, 0.15) is 32.2 Å². The molecule has 0 radical (unpaired) electrons. The van der Waals surface area contributed by atoms with E-state index in [0.29, 0.717) is 23.4 Å². The zero-order valence-electron chi connectivity index (χ0n) is 19.2. The van der Waals surface area contributed by atoms with E-state index in [-0.39, 0.29) is 6.61 Å². The summed E-state index contributed by atoms with van der Waals surface area (Å²) >= 11 is 1.23. The van der Waals surface area contributed by atoms with Gasteiger partial charge in [-0.05, 0) is 43.5 Å². The summed E-state index contributed by atoms with van der Waals surface area (Å²) in [5.74, 6) is 1.27. The third-order valence-electron chi connectivity index (χ3n) is 4.72. The summed E-state index contributed by atoms with van der Waals surface area (Å²) in [6, 6.07) is 16.9. The summed E-state index contributed by atoms with van der Waals surface area (Å²) in [6.45, 7) is 8.38. The first-order valence-corrected chi connectivity index (χ1v) is 11.7. The average Bonchev–Trinajstić information content (AvgIpc) is 3.20. The molecule has 3 rings (SSSR count). The molecule has 0 spiro atoms. The second kappa shape index (κ2) is 11.5. The third kappa shape index (κ3) is 6.82. The number of benzene rings is 2. The Labute approximate surface area is 198 Å². The van der Waals surface area contributed by atoms with Gasteiger partial charge < -0.3 is 10.1 Å². The molecule has 174 valence electrons. The molecule has 0 bridgehead atoms. The molecule has 2 aromatic carbocycles. The van der Waals surface area contributed by atoms with Crippen LogP contribution in [0, 0.1) is 12.8 Å². The highest BCUT2D eigenvalue weighted by Gasteiger charge is 2.22. The van der Waals surface area contributed by atoms with E-state index in [1.807, 2.05) is 79.9 Å². The van der Waals surface area contributed by atoms with Gasteiger partial charge in [-0.15, -0.1) is 10.2 Å². The second-order valence-corrected chi connectivity index (χ2v) is 9.29. The fourth-order valence-electron chi connectivity index (χ4n) is 2.93. The molecule has 8 nitrogen and oxygen atoms in total. The molecule has 1 unspecified atom stereocenters. The number of hydrogen-bond acceptors (Lipinski definition) is 6. The highest BCUT2D eigenvalue weighted by Crippen LogP contribution is 2.27. The van der Waals surface area contributed by atoms with Crippen LogP contribution < -0.4 is 15.4 Å². The van der Waals surface area contributed by atoms with Gasteiger partial charge in [-0.2, -0.15) is 0 Å². The van der Waals surface area contributed by atoms with Crippen molar-refractivity contribution in [3.63, 3.8) is 0 Å². The molecule has 9 heteroatoms. The van der Waals surface area contributed by atoms with E-state index in [9.17, 15) is 9.59 Å². The molecular formula is C24H29N5O3S. The number of amides is 3. The summed E-state index contributed by atoms with van der Waals surface area (Å²) in [5, 5.41) is 13.7. The van der Waals surface area contributed by atoms with Gasteiger partial charge in [0.05, 0.1) is 5.25 Å². The lowest BCUT2D eigenvalue weighted by Gasteiger charge is -2.14. The second-order valence-electron chi connectivity index (χ2n) is 7.98. The first-order chi connectivity index (χ1) is 15.8. The molecular weight excluding hydrogens is 438 g/mol. The number of para-hydroxylation sites is 2. The Morgan fingerprint density at radius 1 is 1.03 bits per heavy atom. The number of rotatable bonds is 9. The number of carbonyl (C=O) groups is 2. The van der Waals surface area contributed by atoms with Gasteiger partial charge in [-0.25, -0.2) is 4.79 Å². The normalized spacial score (nSPS) is 11.8. The van der Waals surface area contributed by atoms with Crippen molar-refractivity contribution >= 4 is 23.7 Å². The van der Waals surface area contributed by atoms with Gasteiger partial charge in [-0.3, -0.25) is 14.7 Å². The van der Waals surface area contributed by atoms with Crippen LogP contribution in [0.25, 0.3) is 5.69 Å². The third-order valence-corrected chi connectivity index (χ3v) is 5.77. The van der Waals surface area contributed by atoms with Crippen molar-refractivity contribution in [3.05, 3.63) is 66.0 Å². The minimum atomic E-state index is -0.563. The predicted molar refractivity (Wildman–Crippen MR) is 129 cm³/mol. The molecule has 0 saturated heterocycles. The number of hydrogen-bond donors (Lipinski definition) is 2. The minimum absolute atomic E-state index is 0.214. The highest BCUT2D eigenvalue weighted by atomic mass is 32.2. The smallest absolute Gasteiger partial charge is 0.321 e. The van der Waals surface area contributed by atoms with E-state index < -0.39 is 17.2 Å². The number of aromatic nitrogens is 3. The van der Waals surface area contributed by atoms with Gasteiger partial charge in [0.2, 0.25) is 5.91 Å². The molecule has 0 fully saturated rings. The molecule has 1 atom stereocenters. The van der Waals surface area contributed by atoms with Crippen LogP contribution in [0.4, 0.5) is 4.79 Å². The molecule has 3 amide bonds. The quantitative estimate of drug-likeness (QED) is 0.460. The largest absolute Gasteiger partial charge is 0.485 e. The zero-order chi connectivity index (χ0) is 23.8. The topological polar surface area (TPSA) is 98.1 Å². The summed E-state index contributed by atoms with van der Waals surface area (Å²) < 4.78 is 7.85. The number of imide groups is 1. The lowest BCUT2D eigenvalue weighted by molar-refractivity contribution is -0.119. The Hall–Kier alpha value is -3.33. The SMILES string of the molecule is Cc1ccccc1OCc1nnc(SC(C)C(=O)NC(=O)NCC(C)C)n1-c1ccccc1.